The Kier molecular flexibility index (Phi) is 5.94. The molecule has 17 heavy (non-hydrogen) atoms. The molecular formula is C11H22N4OS. The van der Waals surface area contributed by atoms with Crippen molar-refractivity contribution in [3.05, 3.63) is 6.33 Å². The molecule has 1 aromatic rings. The molecule has 2 N–H and O–H groups in total. The van der Waals surface area contributed by atoms with Crippen LogP contribution in [0.2, 0.25) is 0 Å². The summed E-state index contributed by atoms with van der Waals surface area (Å²) in [6, 6.07) is 0. The number of hydrogen-bond acceptors (Lipinski definition) is 5. The summed E-state index contributed by atoms with van der Waals surface area (Å²) in [5.74, 6) is 1.04. The summed E-state index contributed by atoms with van der Waals surface area (Å²) in [6.07, 6.45) is 4.78. The predicted molar refractivity (Wildman–Crippen MR) is 70.1 cm³/mol. The van der Waals surface area contributed by atoms with Gasteiger partial charge in [0, 0.05) is 18.3 Å². The third-order valence-corrected chi connectivity index (χ3v) is 4.10. The first-order valence-corrected chi connectivity index (χ1v) is 6.86. The zero-order chi connectivity index (χ0) is 12.7. The maximum absolute atomic E-state index is 9.24. The summed E-state index contributed by atoms with van der Waals surface area (Å²) in [7, 11) is 3.80. The zero-order valence-electron chi connectivity index (χ0n) is 10.8. The van der Waals surface area contributed by atoms with Gasteiger partial charge in [-0.05, 0) is 26.8 Å². The molecule has 0 aliphatic carbocycles. The first-order chi connectivity index (χ1) is 8.11. The lowest BCUT2D eigenvalue weighted by atomic mass is 9.96. The second kappa shape index (κ2) is 6.98. The van der Waals surface area contributed by atoms with Crippen LogP contribution in [0.3, 0.4) is 0 Å². The lowest BCUT2D eigenvalue weighted by Gasteiger charge is -2.26. The minimum atomic E-state index is -0.143. The number of aliphatic hydroxyl groups excluding tert-OH is 1. The fourth-order valence-corrected chi connectivity index (χ4v) is 2.37. The molecule has 1 unspecified atom stereocenters. The molecule has 0 spiro atoms. The Morgan fingerprint density at radius 2 is 2.29 bits per heavy atom. The van der Waals surface area contributed by atoms with Gasteiger partial charge in [0.25, 0.3) is 0 Å². The largest absolute Gasteiger partial charge is 0.394 e. The van der Waals surface area contributed by atoms with Gasteiger partial charge in [-0.1, -0.05) is 18.2 Å². The number of rotatable bonds is 8. The molecule has 0 aromatic carbocycles. The molecule has 0 aliphatic rings. The van der Waals surface area contributed by atoms with Gasteiger partial charge in [-0.3, -0.25) is 0 Å². The highest BCUT2D eigenvalue weighted by Gasteiger charge is 2.19. The van der Waals surface area contributed by atoms with Crippen LogP contribution in [0.1, 0.15) is 26.2 Å². The maximum Gasteiger partial charge on any atom is 0.185 e. The third kappa shape index (κ3) is 4.65. The van der Waals surface area contributed by atoms with Crippen molar-refractivity contribution in [1.82, 2.24) is 20.1 Å². The van der Waals surface area contributed by atoms with Crippen LogP contribution in [0.5, 0.6) is 0 Å². The Morgan fingerprint density at radius 3 is 2.82 bits per heavy atom. The smallest absolute Gasteiger partial charge is 0.185 e. The fraction of sp³-hybridized carbons (Fsp3) is 0.818. The van der Waals surface area contributed by atoms with E-state index in [2.05, 4.69) is 15.4 Å². The highest BCUT2D eigenvalue weighted by Crippen LogP contribution is 2.18. The van der Waals surface area contributed by atoms with Crippen LogP contribution in [0, 0.1) is 0 Å². The Hall–Kier alpha value is -0.590. The van der Waals surface area contributed by atoms with E-state index in [1.54, 1.807) is 22.8 Å². The molecule has 5 nitrogen and oxygen atoms in total. The van der Waals surface area contributed by atoms with E-state index >= 15 is 0 Å². The normalized spacial score (nSPS) is 14.8. The Balaban J connectivity index is 2.15. The van der Waals surface area contributed by atoms with E-state index < -0.39 is 0 Å². The topological polar surface area (TPSA) is 63.0 Å². The molecule has 98 valence electrons. The van der Waals surface area contributed by atoms with Gasteiger partial charge >= 0.3 is 0 Å². The first-order valence-electron chi connectivity index (χ1n) is 5.88. The van der Waals surface area contributed by atoms with Gasteiger partial charge in [-0.25, -0.2) is 9.67 Å². The van der Waals surface area contributed by atoms with Crippen molar-refractivity contribution in [1.29, 1.82) is 0 Å². The Bertz CT molecular complexity index is 325. The van der Waals surface area contributed by atoms with E-state index in [9.17, 15) is 5.11 Å². The molecule has 0 radical (unpaired) electrons. The molecule has 6 heteroatoms. The number of likely N-dealkylation sites (N-methyl/N-ethyl adjacent to an activating group) is 1. The maximum atomic E-state index is 9.24. The molecule has 0 bridgehead atoms. The molecule has 0 aliphatic heterocycles. The molecule has 0 fully saturated rings. The van der Waals surface area contributed by atoms with Gasteiger partial charge in [0.05, 0.1) is 6.61 Å². The summed E-state index contributed by atoms with van der Waals surface area (Å²) >= 11 is 1.73. The van der Waals surface area contributed by atoms with Crippen LogP contribution in [0.15, 0.2) is 11.5 Å². The van der Waals surface area contributed by atoms with E-state index in [1.165, 1.54) is 0 Å². The highest BCUT2D eigenvalue weighted by atomic mass is 32.2. The van der Waals surface area contributed by atoms with Crippen molar-refractivity contribution in [3.8, 4) is 0 Å². The second-order valence-electron chi connectivity index (χ2n) is 4.44. The van der Waals surface area contributed by atoms with Crippen molar-refractivity contribution >= 4 is 11.8 Å². The molecule has 0 saturated carbocycles. The Morgan fingerprint density at radius 1 is 1.53 bits per heavy atom. The molecule has 0 saturated heterocycles. The van der Waals surface area contributed by atoms with Gasteiger partial charge in [-0.15, -0.1) is 0 Å². The van der Waals surface area contributed by atoms with Crippen molar-refractivity contribution < 1.29 is 5.11 Å². The van der Waals surface area contributed by atoms with Crippen molar-refractivity contribution in [2.24, 2.45) is 7.05 Å². The van der Waals surface area contributed by atoms with Crippen molar-refractivity contribution in [2.75, 3.05) is 19.4 Å². The summed E-state index contributed by atoms with van der Waals surface area (Å²) < 4.78 is 1.79. The summed E-state index contributed by atoms with van der Waals surface area (Å²) in [4.78, 5) is 4.16. The summed E-state index contributed by atoms with van der Waals surface area (Å²) in [5, 5.41) is 17.4. The van der Waals surface area contributed by atoms with Crippen LogP contribution in [-0.4, -0.2) is 44.8 Å². The molecular weight excluding hydrogens is 236 g/mol. The summed E-state index contributed by atoms with van der Waals surface area (Å²) in [6.45, 7) is 2.22. The van der Waals surface area contributed by atoms with Gasteiger partial charge < -0.3 is 10.4 Å². The standard InChI is InChI=1S/C11H22N4OS/c1-11(8-16,12-2)6-4-5-7-17-10-13-9-14-15(10)3/h9,12,16H,4-8H2,1-3H3. The van der Waals surface area contributed by atoms with E-state index in [1.807, 2.05) is 21.0 Å². The van der Waals surface area contributed by atoms with Crippen LogP contribution in [0.4, 0.5) is 0 Å². The summed E-state index contributed by atoms with van der Waals surface area (Å²) in [5.41, 5.74) is -0.143. The van der Waals surface area contributed by atoms with Crippen molar-refractivity contribution in [3.63, 3.8) is 0 Å². The number of aryl methyl sites for hydroxylation is 1. The molecule has 1 atom stereocenters. The highest BCUT2D eigenvalue weighted by molar-refractivity contribution is 7.99. The van der Waals surface area contributed by atoms with E-state index in [0.29, 0.717) is 0 Å². The van der Waals surface area contributed by atoms with Crippen molar-refractivity contribution in [2.45, 2.75) is 36.9 Å². The minimum absolute atomic E-state index is 0.143. The van der Waals surface area contributed by atoms with Gasteiger partial charge in [0.15, 0.2) is 5.16 Å². The van der Waals surface area contributed by atoms with Crippen LogP contribution in [0.25, 0.3) is 0 Å². The van der Waals surface area contributed by atoms with E-state index in [4.69, 9.17) is 0 Å². The molecule has 1 aromatic heterocycles. The minimum Gasteiger partial charge on any atom is -0.394 e. The lowest BCUT2D eigenvalue weighted by Crippen LogP contribution is -2.43. The first kappa shape index (κ1) is 14.5. The molecule has 1 heterocycles. The quantitative estimate of drug-likeness (QED) is 0.539. The number of aromatic nitrogens is 3. The average molecular weight is 258 g/mol. The number of nitrogens with zero attached hydrogens (tertiary/aromatic N) is 3. The number of thioether (sulfide) groups is 1. The average Bonchev–Trinajstić information content (AvgIpc) is 2.74. The van der Waals surface area contributed by atoms with Crippen LogP contribution in [-0.2, 0) is 7.05 Å². The molecule has 0 amide bonds. The SMILES string of the molecule is CNC(C)(CO)CCCCSc1ncnn1C. The molecule has 1 rings (SSSR count). The zero-order valence-corrected chi connectivity index (χ0v) is 11.6. The number of nitrogens with one attached hydrogen (secondary N) is 1. The van der Waals surface area contributed by atoms with Crippen LogP contribution >= 0.6 is 11.8 Å². The van der Waals surface area contributed by atoms with Gasteiger partial charge in [0.2, 0.25) is 0 Å². The van der Waals surface area contributed by atoms with Gasteiger partial charge in [-0.2, -0.15) is 5.10 Å². The van der Waals surface area contributed by atoms with E-state index in [0.717, 1.165) is 30.2 Å². The number of aliphatic hydroxyl groups is 1. The Labute approximate surface area is 107 Å². The predicted octanol–water partition coefficient (Wildman–Crippen LogP) is 1.05. The van der Waals surface area contributed by atoms with E-state index in [-0.39, 0.29) is 12.1 Å². The third-order valence-electron chi connectivity index (χ3n) is 2.98. The lowest BCUT2D eigenvalue weighted by molar-refractivity contribution is 0.171. The van der Waals surface area contributed by atoms with Gasteiger partial charge in [0.1, 0.15) is 6.33 Å². The number of hydrogen-bond donors (Lipinski definition) is 2. The second-order valence-corrected chi connectivity index (χ2v) is 5.50. The number of unbranched alkanes of at least 4 members (excludes halogenated alkanes) is 1. The monoisotopic (exact) mass is 258 g/mol. The van der Waals surface area contributed by atoms with Crippen LogP contribution < -0.4 is 5.32 Å². The fourth-order valence-electron chi connectivity index (χ4n) is 1.48.